The van der Waals surface area contributed by atoms with E-state index >= 15 is 0 Å². The maximum absolute atomic E-state index is 13.3. The van der Waals surface area contributed by atoms with Gasteiger partial charge >= 0.3 is 0 Å². The lowest BCUT2D eigenvalue weighted by Crippen LogP contribution is -2.34. The number of carbonyl (C=O) groups is 1. The first kappa shape index (κ1) is 17.2. The van der Waals surface area contributed by atoms with Crippen LogP contribution in [0.3, 0.4) is 0 Å². The van der Waals surface area contributed by atoms with Gasteiger partial charge in [0.15, 0.2) is 0 Å². The van der Waals surface area contributed by atoms with Crippen molar-refractivity contribution in [2.24, 2.45) is 13.0 Å². The van der Waals surface area contributed by atoms with Gasteiger partial charge in [-0.05, 0) is 48.1 Å². The first-order valence-electron chi connectivity index (χ1n) is 9.59. The summed E-state index contributed by atoms with van der Waals surface area (Å²) in [6, 6.07) is 6.68. The van der Waals surface area contributed by atoms with E-state index in [1.165, 1.54) is 12.1 Å². The number of amides is 1. The molecule has 1 N–H and O–H groups in total. The topological polar surface area (TPSA) is 58.1 Å². The maximum Gasteiger partial charge on any atom is 0.257 e. The minimum absolute atomic E-state index is 0.0177. The van der Waals surface area contributed by atoms with Crippen molar-refractivity contribution in [2.45, 2.75) is 25.2 Å². The summed E-state index contributed by atoms with van der Waals surface area (Å²) in [5.74, 6) is 0.252. The van der Waals surface area contributed by atoms with Crippen LogP contribution in [-0.2, 0) is 23.7 Å². The number of likely N-dealkylation sites (tertiary alicyclic amines) is 1. The Morgan fingerprint density at radius 2 is 2.07 bits per heavy atom. The maximum atomic E-state index is 13.3. The molecule has 2 fully saturated rings. The molecular formula is C22H22FN3O2. The van der Waals surface area contributed by atoms with Crippen LogP contribution in [-0.4, -0.2) is 33.4 Å². The lowest BCUT2D eigenvalue weighted by molar-refractivity contribution is -0.130. The lowest BCUT2D eigenvalue weighted by Gasteiger charge is -2.21. The first-order chi connectivity index (χ1) is 13.4. The number of aryl methyl sites for hydroxylation is 2. The molecule has 1 saturated carbocycles. The number of fused-ring (bicyclic) bond motifs is 2. The van der Waals surface area contributed by atoms with Gasteiger partial charge in [0.25, 0.3) is 5.56 Å². The minimum atomic E-state index is -0.236. The van der Waals surface area contributed by atoms with Crippen LogP contribution in [0.15, 0.2) is 41.5 Å². The molecule has 0 bridgehead atoms. The van der Waals surface area contributed by atoms with Gasteiger partial charge in [0.2, 0.25) is 5.91 Å². The number of aromatic amines is 1. The fraction of sp³-hybridized carbons (Fsp3) is 0.364. The highest BCUT2D eigenvalue weighted by Gasteiger charge is 2.61. The second-order valence-corrected chi connectivity index (χ2v) is 8.30. The van der Waals surface area contributed by atoms with Crippen LogP contribution in [0.4, 0.5) is 4.39 Å². The van der Waals surface area contributed by atoms with E-state index < -0.39 is 0 Å². The van der Waals surface area contributed by atoms with Crippen molar-refractivity contribution in [3.05, 3.63) is 69.5 Å². The summed E-state index contributed by atoms with van der Waals surface area (Å²) in [7, 11) is 1.90. The molecule has 0 radical (unpaired) electrons. The Hall–Kier alpha value is -2.89. The highest BCUT2D eigenvalue weighted by atomic mass is 19.1. The molecule has 2 aromatic heterocycles. The smallest absolute Gasteiger partial charge is 0.257 e. The molecule has 1 saturated heterocycles. The van der Waals surface area contributed by atoms with Crippen molar-refractivity contribution in [1.29, 1.82) is 0 Å². The van der Waals surface area contributed by atoms with Gasteiger partial charge in [-0.2, -0.15) is 0 Å². The second kappa shape index (κ2) is 5.80. The number of piperidine rings is 1. The summed E-state index contributed by atoms with van der Waals surface area (Å²) >= 11 is 0. The summed E-state index contributed by atoms with van der Waals surface area (Å²) in [6.07, 6.45) is 4.86. The van der Waals surface area contributed by atoms with Crippen molar-refractivity contribution in [1.82, 2.24) is 14.5 Å². The number of carbonyl (C=O) groups excluding carboxylic acids is 1. The number of halogens is 1. The quantitative estimate of drug-likeness (QED) is 0.761. The number of rotatable bonds is 3. The average molecular weight is 379 g/mol. The molecule has 1 aromatic carbocycles. The van der Waals surface area contributed by atoms with Crippen LogP contribution in [0, 0.1) is 18.7 Å². The molecule has 5 rings (SSSR count). The fourth-order valence-electron chi connectivity index (χ4n) is 5.04. The van der Waals surface area contributed by atoms with E-state index in [2.05, 4.69) is 4.98 Å². The minimum Gasteiger partial charge on any atom is -0.350 e. The van der Waals surface area contributed by atoms with Gasteiger partial charge in [0, 0.05) is 37.9 Å². The first-order valence-corrected chi connectivity index (χ1v) is 9.59. The molecule has 2 aliphatic rings. The molecule has 28 heavy (non-hydrogen) atoms. The Bertz CT molecular complexity index is 1160. The summed E-state index contributed by atoms with van der Waals surface area (Å²) < 4.78 is 15.2. The molecule has 3 heterocycles. The summed E-state index contributed by atoms with van der Waals surface area (Å²) in [5, 5.41) is 0.605. The molecule has 1 aliphatic heterocycles. The van der Waals surface area contributed by atoms with Gasteiger partial charge in [-0.1, -0.05) is 12.1 Å². The van der Waals surface area contributed by atoms with E-state index in [-0.39, 0.29) is 29.1 Å². The predicted molar refractivity (Wildman–Crippen MR) is 105 cm³/mol. The number of hydrogen-bond donors (Lipinski definition) is 1. The lowest BCUT2D eigenvalue weighted by atomic mass is 9.95. The largest absolute Gasteiger partial charge is 0.350 e. The Balaban J connectivity index is 1.40. The molecule has 2 unspecified atom stereocenters. The van der Waals surface area contributed by atoms with Crippen molar-refractivity contribution in [2.75, 3.05) is 13.1 Å². The molecular weight excluding hydrogens is 357 g/mol. The highest BCUT2D eigenvalue weighted by Crippen LogP contribution is 2.59. The number of aromatic nitrogens is 2. The molecule has 5 nitrogen and oxygen atoms in total. The number of benzene rings is 1. The number of hydrogen-bond acceptors (Lipinski definition) is 2. The van der Waals surface area contributed by atoms with E-state index in [1.807, 2.05) is 41.8 Å². The zero-order valence-corrected chi connectivity index (χ0v) is 16.0. The van der Waals surface area contributed by atoms with Crippen LogP contribution in [0.25, 0.3) is 10.9 Å². The van der Waals surface area contributed by atoms with Gasteiger partial charge in [-0.25, -0.2) is 4.39 Å². The normalized spacial score (nSPS) is 23.2. The van der Waals surface area contributed by atoms with Crippen LogP contribution >= 0.6 is 0 Å². The summed E-state index contributed by atoms with van der Waals surface area (Å²) in [6.45, 7) is 3.35. The molecule has 0 spiro atoms. The van der Waals surface area contributed by atoms with Gasteiger partial charge in [-0.3, -0.25) is 9.59 Å². The Morgan fingerprint density at radius 3 is 2.82 bits per heavy atom. The van der Waals surface area contributed by atoms with Gasteiger partial charge in [0.05, 0.1) is 17.3 Å². The van der Waals surface area contributed by atoms with Crippen LogP contribution < -0.4 is 5.56 Å². The van der Waals surface area contributed by atoms with E-state index in [9.17, 15) is 14.0 Å². The number of H-pyrrole nitrogens is 1. The fourth-order valence-corrected chi connectivity index (χ4v) is 5.04. The monoisotopic (exact) mass is 379 g/mol. The van der Waals surface area contributed by atoms with E-state index in [0.717, 1.165) is 35.2 Å². The number of nitrogens with zero attached hydrogens (tertiary/aromatic N) is 2. The number of pyridine rings is 1. The Morgan fingerprint density at radius 1 is 1.32 bits per heavy atom. The van der Waals surface area contributed by atoms with Crippen LogP contribution in [0.5, 0.6) is 0 Å². The molecule has 144 valence electrons. The second-order valence-electron chi connectivity index (χ2n) is 8.30. The van der Waals surface area contributed by atoms with E-state index in [1.54, 1.807) is 6.20 Å². The third-order valence-electron chi connectivity index (χ3n) is 6.54. The standard InChI is InChI=1S/C22H22FN3O2/c1-13-9-24-21(28)19-14(10-25(2)20(13)19)7-18(27)26-11-16-8-22(16,12-26)15-3-5-17(23)6-4-15/h3-6,9-10,16H,7-8,11-12H2,1-2H3,(H,24,28). The summed E-state index contributed by atoms with van der Waals surface area (Å²) in [4.78, 5) is 30.0. The van der Waals surface area contributed by atoms with E-state index in [4.69, 9.17) is 0 Å². The predicted octanol–water partition coefficient (Wildman–Crippen LogP) is 2.66. The SMILES string of the molecule is Cc1c[nH]c(=O)c2c(CC(=O)N3CC4CC4(c4ccc(F)cc4)C3)cn(C)c12. The van der Waals surface area contributed by atoms with Gasteiger partial charge < -0.3 is 14.5 Å². The molecule has 1 amide bonds. The zero-order chi connectivity index (χ0) is 19.6. The van der Waals surface area contributed by atoms with Crippen molar-refractivity contribution < 1.29 is 9.18 Å². The van der Waals surface area contributed by atoms with Crippen LogP contribution in [0.2, 0.25) is 0 Å². The van der Waals surface area contributed by atoms with Crippen molar-refractivity contribution in [3.63, 3.8) is 0 Å². The molecule has 6 heteroatoms. The van der Waals surface area contributed by atoms with Gasteiger partial charge in [-0.15, -0.1) is 0 Å². The zero-order valence-electron chi connectivity index (χ0n) is 16.0. The van der Waals surface area contributed by atoms with Gasteiger partial charge in [0.1, 0.15) is 5.82 Å². The third-order valence-corrected chi connectivity index (χ3v) is 6.54. The molecule has 1 aliphatic carbocycles. The Kier molecular flexibility index (Phi) is 3.57. The highest BCUT2D eigenvalue weighted by molar-refractivity contribution is 5.90. The molecule has 3 aromatic rings. The average Bonchev–Trinajstić information content (AvgIpc) is 3.06. The van der Waals surface area contributed by atoms with Crippen LogP contribution in [0.1, 0.15) is 23.1 Å². The third kappa shape index (κ3) is 2.44. The molecule has 2 atom stereocenters. The summed E-state index contributed by atoms with van der Waals surface area (Å²) in [5.41, 5.74) is 3.56. The van der Waals surface area contributed by atoms with Crippen molar-refractivity contribution in [3.8, 4) is 0 Å². The Labute approximate surface area is 161 Å². The van der Waals surface area contributed by atoms with E-state index in [0.29, 0.717) is 17.8 Å². The number of nitrogens with one attached hydrogen (secondary N) is 1. The van der Waals surface area contributed by atoms with Crippen molar-refractivity contribution >= 4 is 16.8 Å².